The molecule has 2 aromatic heterocycles. The number of rotatable bonds is 4. The van der Waals surface area contributed by atoms with Crippen LogP contribution in [0.1, 0.15) is 17.4 Å². The first kappa shape index (κ1) is 15.4. The lowest BCUT2D eigenvalue weighted by molar-refractivity contribution is -0.385. The summed E-state index contributed by atoms with van der Waals surface area (Å²) in [6, 6.07) is 9.22. The minimum absolute atomic E-state index is 0.0580. The minimum Gasteiger partial charge on any atom is -0.461 e. The zero-order chi connectivity index (χ0) is 16.6. The van der Waals surface area contributed by atoms with E-state index in [0.717, 1.165) is 10.8 Å². The maximum atomic E-state index is 12.3. The molecule has 0 N–H and O–H groups in total. The molecule has 1 aromatic carbocycles. The van der Waals surface area contributed by atoms with Crippen LogP contribution in [-0.4, -0.2) is 28.2 Å². The molecule has 0 unspecified atom stereocenters. The minimum atomic E-state index is -0.560. The molecule has 0 atom stereocenters. The standard InChI is InChI=1S/C16H14N2O4S/c1-3-22-16(19)14-15(23-2)13(18(20)21)12-11-7-5-4-6-10(11)8-9-17(12)14/h4-9H,3H2,1-2H3. The van der Waals surface area contributed by atoms with Crippen molar-refractivity contribution in [3.8, 4) is 0 Å². The number of esters is 1. The predicted molar refractivity (Wildman–Crippen MR) is 89.3 cm³/mol. The van der Waals surface area contributed by atoms with Crippen molar-refractivity contribution in [2.24, 2.45) is 0 Å². The summed E-state index contributed by atoms with van der Waals surface area (Å²) in [5.74, 6) is -0.560. The number of ether oxygens (including phenoxy) is 1. The van der Waals surface area contributed by atoms with E-state index in [2.05, 4.69) is 0 Å². The Bertz CT molecular complexity index is 933. The number of aromatic nitrogens is 1. The summed E-state index contributed by atoms with van der Waals surface area (Å²) >= 11 is 1.18. The van der Waals surface area contributed by atoms with Crippen LogP contribution >= 0.6 is 11.8 Å². The van der Waals surface area contributed by atoms with E-state index >= 15 is 0 Å². The summed E-state index contributed by atoms with van der Waals surface area (Å²) in [5, 5.41) is 13.3. The Labute approximate surface area is 136 Å². The van der Waals surface area contributed by atoms with Crippen molar-refractivity contribution in [2.75, 3.05) is 12.9 Å². The lowest BCUT2D eigenvalue weighted by Crippen LogP contribution is -2.09. The SMILES string of the molecule is CCOC(=O)c1c(SC)c([N+](=O)[O-])c2c3ccccc3ccn12. The van der Waals surface area contributed by atoms with E-state index in [4.69, 9.17) is 4.74 Å². The molecule has 0 aliphatic carbocycles. The molecule has 0 amide bonds. The van der Waals surface area contributed by atoms with Crippen LogP contribution in [0, 0.1) is 10.1 Å². The number of hydrogen-bond acceptors (Lipinski definition) is 5. The van der Waals surface area contributed by atoms with E-state index in [1.807, 2.05) is 30.3 Å². The number of hydrogen-bond donors (Lipinski definition) is 0. The average Bonchev–Trinajstić information content (AvgIpc) is 2.89. The Morgan fingerprint density at radius 3 is 2.74 bits per heavy atom. The highest BCUT2D eigenvalue weighted by atomic mass is 32.2. The highest BCUT2D eigenvalue weighted by Crippen LogP contribution is 2.40. The molecular weight excluding hydrogens is 316 g/mol. The zero-order valence-corrected chi connectivity index (χ0v) is 13.4. The van der Waals surface area contributed by atoms with Crippen LogP contribution in [0.5, 0.6) is 0 Å². The monoisotopic (exact) mass is 330 g/mol. The number of thioether (sulfide) groups is 1. The molecule has 23 heavy (non-hydrogen) atoms. The molecule has 7 heteroatoms. The van der Waals surface area contributed by atoms with Crippen molar-refractivity contribution in [2.45, 2.75) is 11.8 Å². The molecule has 3 aromatic rings. The van der Waals surface area contributed by atoms with E-state index in [1.165, 1.54) is 11.8 Å². The number of benzene rings is 1. The van der Waals surface area contributed by atoms with Crippen LogP contribution in [0.4, 0.5) is 5.69 Å². The van der Waals surface area contributed by atoms with E-state index in [1.54, 1.807) is 23.8 Å². The Balaban J connectivity index is 2.51. The summed E-state index contributed by atoms with van der Waals surface area (Å²) in [5.41, 5.74) is 0.560. The summed E-state index contributed by atoms with van der Waals surface area (Å²) < 4.78 is 6.65. The van der Waals surface area contributed by atoms with Gasteiger partial charge < -0.3 is 9.14 Å². The van der Waals surface area contributed by atoms with Gasteiger partial charge in [-0.3, -0.25) is 10.1 Å². The van der Waals surface area contributed by atoms with Gasteiger partial charge in [0.15, 0.2) is 5.69 Å². The van der Waals surface area contributed by atoms with Crippen LogP contribution in [0.3, 0.4) is 0 Å². The second-order valence-electron chi connectivity index (χ2n) is 4.83. The van der Waals surface area contributed by atoms with Crippen LogP contribution in [0.2, 0.25) is 0 Å². The third kappa shape index (κ3) is 2.33. The smallest absolute Gasteiger partial charge is 0.356 e. The Morgan fingerprint density at radius 1 is 1.35 bits per heavy atom. The van der Waals surface area contributed by atoms with Gasteiger partial charge in [-0.25, -0.2) is 4.79 Å². The van der Waals surface area contributed by atoms with Crippen LogP contribution < -0.4 is 0 Å². The number of pyridine rings is 1. The third-order valence-corrected chi connectivity index (χ3v) is 4.41. The molecule has 2 heterocycles. The van der Waals surface area contributed by atoms with Crippen molar-refractivity contribution in [3.05, 3.63) is 52.3 Å². The molecule has 6 nitrogen and oxygen atoms in total. The quantitative estimate of drug-likeness (QED) is 0.314. The molecule has 0 spiro atoms. The Kier molecular flexibility index (Phi) is 3.96. The molecule has 0 fully saturated rings. The number of carbonyl (C=O) groups excluding carboxylic acids is 1. The average molecular weight is 330 g/mol. The fourth-order valence-corrected chi connectivity index (χ4v) is 3.47. The topological polar surface area (TPSA) is 73.8 Å². The van der Waals surface area contributed by atoms with Crippen molar-refractivity contribution in [1.82, 2.24) is 4.40 Å². The highest BCUT2D eigenvalue weighted by molar-refractivity contribution is 7.98. The Hall–Kier alpha value is -2.54. The predicted octanol–water partition coefficient (Wildman–Crippen LogP) is 3.90. The fourth-order valence-electron chi connectivity index (χ4n) is 2.73. The first-order valence-corrected chi connectivity index (χ1v) is 8.23. The number of carbonyl (C=O) groups is 1. The van der Waals surface area contributed by atoms with Gasteiger partial charge in [-0.2, -0.15) is 0 Å². The number of nitro groups is 1. The van der Waals surface area contributed by atoms with Gasteiger partial charge in [0.05, 0.1) is 11.5 Å². The molecule has 0 radical (unpaired) electrons. The van der Waals surface area contributed by atoms with Crippen LogP contribution in [0.15, 0.2) is 41.4 Å². The van der Waals surface area contributed by atoms with Gasteiger partial charge in [-0.1, -0.05) is 24.3 Å². The third-order valence-electron chi connectivity index (χ3n) is 3.61. The fraction of sp³-hybridized carbons (Fsp3) is 0.188. The first-order valence-electron chi connectivity index (χ1n) is 7.01. The number of nitrogens with zero attached hydrogens (tertiary/aromatic N) is 2. The lowest BCUT2D eigenvalue weighted by atomic mass is 10.1. The molecule has 0 saturated heterocycles. The summed E-state index contributed by atoms with van der Waals surface area (Å²) in [7, 11) is 0. The van der Waals surface area contributed by atoms with Crippen molar-refractivity contribution >= 4 is 39.7 Å². The van der Waals surface area contributed by atoms with E-state index in [0.29, 0.717) is 10.4 Å². The normalized spacial score (nSPS) is 11.0. The van der Waals surface area contributed by atoms with Gasteiger partial charge in [0.1, 0.15) is 10.4 Å². The maximum Gasteiger partial charge on any atom is 0.356 e. The molecule has 118 valence electrons. The summed E-state index contributed by atoms with van der Waals surface area (Å²) in [4.78, 5) is 23.9. The van der Waals surface area contributed by atoms with Gasteiger partial charge in [0, 0.05) is 11.6 Å². The second kappa shape index (κ2) is 5.92. The van der Waals surface area contributed by atoms with Gasteiger partial charge in [0.2, 0.25) is 0 Å². The van der Waals surface area contributed by atoms with Crippen molar-refractivity contribution < 1.29 is 14.5 Å². The first-order chi connectivity index (χ1) is 11.1. The van der Waals surface area contributed by atoms with E-state index in [9.17, 15) is 14.9 Å². The second-order valence-corrected chi connectivity index (χ2v) is 5.65. The molecule has 3 rings (SSSR count). The molecule has 0 aliphatic rings. The molecular formula is C16H14N2O4S. The maximum absolute atomic E-state index is 12.3. The van der Waals surface area contributed by atoms with Crippen molar-refractivity contribution in [1.29, 1.82) is 0 Å². The number of fused-ring (bicyclic) bond motifs is 3. The largest absolute Gasteiger partial charge is 0.461 e. The highest BCUT2D eigenvalue weighted by Gasteiger charge is 2.31. The van der Waals surface area contributed by atoms with Crippen LogP contribution in [0.25, 0.3) is 16.3 Å². The molecule has 0 saturated carbocycles. The van der Waals surface area contributed by atoms with E-state index < -0.39 is 10.9 Å². The van der Waals surface area contributed by atoms with Gasteiger partial charge in [-0.05, 0) is 24.6 Å². The van der Waals surface area contributed by atoms with Crippen LogP contribution in [-0.2, 0) is 4.74 Å². The zero-order valence-electron chi connectivity index (χ0n) is 12.6. The van der Waals surface area contributed by atoms with Gasteiger partial charge in [-0.15, -0.1) is 11.8 Å². The summed E-state index contributed by atoms with van der Waals surface area (Å²) in [6.07, 6.45) is 3.39. The van der Waals surface area contributed by atoms with Gasteiger partial charge in [0.25, 0.3) is 0 Å². The molecule has 0 aliphatic heterocycles. The van der Waals surface area contributed by atoms with Crippen molar-refractivity contribution in [3.63, 3.8) is 0 Å². The van der Waals surface area contributed by atoms with Gasteiger partial charge >= 0.3 is 11.7 Å². The Morgan fingerprint density at radius 2 is 2.09 bits per heavy atom. The van der Waals surface area contributed by atoms with E-state index in [-0.39, 0.29) is 18.0 Å². The molecule has 0 bridgehead atoms. The lowest BCUT2D eigenvalue weighted by Gasteiger charge is -2.05. The summed E-state index contributed by atoms with van der Waals surface area (Å²) in [6.45, 7) is 1.91.